The molecule has 26 heteroatoms. The van der Waals surface area contributed by atoms with Crippen LogP contribution in [-0.2, 0) is 0 Å². The van der Waals surface area contributed by atoms with Crippen molar-refractivity contribution >= 4 is 247 Å². The summed E-state index contributed by atoms with van der Waals surface area (Å²) in [5.74, 6) is -6.70. The Balaban J connectivity index is 0.000000151. The number of amides is 12. The minimum atomic E-state index is -0.736. The second-order valence-electron chi connectivity index (χ2n) is 40.4. The van der Waals surface area contributed by atoms with Crippen LogP contribution in [0.25, 0.3) is 32.3 Å². The first-order valence-electron chi connectivity index (χ1n) is 47.3. The molecule has 6 heterocycles. The van der Waals surface area contributed by atoms with Gasteiger partial charge in [-0.2, -0.15) is 0 Å². The number of carbonyl (C=O) groups excluding carboxylic acids is 12. The molecule has 0 saturated carbocycles. The fourth-order valence-corrected chi connectivity index (χ4v) is 24.3. The minimum absolute atomic E-state index is 0.00856. The number of anilines is 6. The van der Waals surface area contributed by atoms with Gasteiger partial charge in [-0.15, -0.1) is 0 Å². The maximum Gasteiger partial charge on any atom is 0.267 e. The highest BCUT2D eigenvalue weighted by molar-refractivity contribution is 9.11. The van der Waals surface area contributed by atoms with Gasteiger partial charge in [0.05, 0.1) is 121 Å². The predicted molar refractivity (Wildman–Crippen MR) is 577 cm³/mol. The normalized spacial score (nSPS) is 14.7. The molecule has 0 fully saturated rings. The van der Waals surface area contributed by atoms with Crippen molar-refractivity contribution < 1.29 is 57.5 Å². The van der Waals surface area contributed by atoms with Crippen molar-refractivity contribution in [3.8, 4) is 0 Å². The molecule has 12 amide bonds. The van der Waals surface area contributed by atoms with E-state index in [1.807, 2.05) is 275 Å². The Hall–Kier alpha value is -10.7. The predicted octanol–water partition coefficient (Wildman–Crippen LogP) is 32.5. The van der Waals surface area contributed by atoms with Crippen LogP contribution in [0.2, 0.25) is 20.1 Å². The molecule has 12 aromatic carbocycles. The molecule has 18 rings (SSSR count). The zero-order valence-corrected chi connectivity index (χ0v) is 91.6. The van der Waals surface area contributed by atoms with Crippen LogP contribution in [0.4, 0.5) is 34.1 Å². The largest absolute Gasteiger partial charge is 0.268 e. The Labute approximate surface area is 869 Å². The van der Waals surface area contributed by atoms with Crippen molar-refractivity contribution in [3.05, 3.63) is 305 Å². The van der Waals surface area contributed by atoms with E-state index in [0.717, 1.165) is 76.6 Å². The highest BCUT2D eigenvalue weighted by atomic mass is 79.9. The topological polar surface area (TPSA) is 224 Å². The highest BCUT2D eigenvalue weighted by Gasteiger charge is 2.52. The molecule has 18 nitrogen and oxygen atoms in total. The summed E-state index contributed by atoms with van der Waals surface area (Å²) in [6.45, 7) is 48.4. The van der Waals surface area contributed by atoms with E-state index in [1.54, 1.807) is 24.3 Å². The molecule has 12 aromatic rings. The van der Waals surface area contributed by atoms with Gasteiger partial charge in [-0.05, 0) is 226 Å². The number of benzene rings is 12. The summed E-state index contributed by atoms with van der Waals surface area (Å²) in [6, 6.07) is 41.3. The van der Waals surface area contributed by atoms with Gasteiger partial charge in [0, 0.05) is 50.2 Å². The third-order valence-electron chi connectivity index (χ3n) is 27.6. The van der Waals surface area contributed by atoms with Crippen LogP contribution in [0.3, 0.4) is 0 Å². The molecule has 0 bridgehead atoms. The Morgan fingerprint density at radius 2 is 0.300 bits per heavy atom. The molecule has 0 radical (unpaired) electrons. The summed E-state index contributed by atoms with van der Waals surface area (Å²) >= 11 is 42.4. The summed E-state index contributed by atoms with van der Waals surface area (Å²) < 4.78 is 1.56. The smallest absolute Gasteiger partial charge is 0.267 e. The maximum atomic E-state index is 14.7. The van der Waals surface area contributed by atoms with Crippen molar-refractivity contribution in [2.24, 2.45) is 0 Å². The molecule has 0 aromatic heterocycles. The van der Waals surface area contributed by atoms with Gasteiger partial charge in [-0.3, -0.25) is 57.5 Å². The van der Waals surface area contributed by atoms with E-state index in [2.05, 4.69) is 63.7 Å². The number of imide groups is 6. The monoisotopic (exact) mass is 2210 g/mol. The summed E-state index contributed by atoms with van der Waals surface area (Å²) in [6.07, 6.45) is 0. The average Bonchev–Trinajstić information content (AvgIpc) is 0.679. The summed E-state index contributed by atoms with van der Waals surface area (Å²) in [4.78, 5) is 182. The molecule has 0 aliphatic carbocycles. The number of carbonyl (C=O) groups is 12. The lowest BCUT2D eigenvalue weighted by Crippen LogP contribution is -2.45. The quantitative estimate of drug-likeness (QED) is 0.0732. The van der Waals surface area contributed by atoms with Gasteiger partial charge < -0.3 is 0 Å². The van der Waals surface area contributed by atoms with Crippen molar-refractivity contribution in [1.82, 2.24) is 0 Å². The van der Waals surface area contributed by atoms with E-state index >= 15 is 0 Å². The van der Waals surface area contributed by atoms with Crippen LogP contribution in [-0.4, -0.2) is 70.9 Å². The van der Waals surface area contributed by atoms with Crippen molar-refractivity contribution in [1.29, 1.82) is 0 Å². The fourth-order valence-electron chi connectivity index (χ4n) is 20.9. The first-order chi connectivity index (χ1) is 65.9. The highest BCUT2D eigenvalue weighted by Crippen LogP contribution is 2.57. The third kappa shape index (κ3) is 15.9. The van der Waals surface area contributed by atoms with Crippen LogP contribution in [0, 0.1) is 0 Å². The van der Waals surface area contributed by atoms with Crippen LogP contribution in [0.1, 0.15) is 428 Å². The summed E-state index contributed by atoms with van der Waals surface area (Å²) in [5.41, 5.74) is 15.0. The van der Waals surface area contributed by atoms with Crippen molar-refractivity contribution in [2.75, 3.05) is 29.4 Å². The fraction of sp³-hybridized carbons (Fsp3) is 0.316. The second-order valence-corrected chi connectivity index (χ2v) is 45.3. The molecule has 140 heavy (non-hydrogen) atoms. The number of rotatable bonds is 18. The van der Waals surface area contributed by atoms with Crippen molar-refractivity contribution in [3.63, 3.8) is 0 Å². The van der Waals surface area contributed by atoms with E-state index in [4.69, 9.17) is 46.4 Å². The van der Waals surface area contributed by atoms with Gasteiger partial charge in [0.1, 0.15) is 0 Å². The van der Waals surface area contributed by atoms with E-state index in [9.17, 15) is 57.5 Å². The van der Waals surface area contributed by atoms with Gasteiger partial charge in [0.2, 0.25) is 0 Å². The lowest BCUT2D eigenvalue weighted by Gasteiger charge is -2.37. The van der Waals surface area contributed by atoms with E-state index < -0.39 is 70.9 Å². The Morgan fingerprint density at radius 1 is 0.179 bits per heavy atom. The summed E-state index contributed by atoms with van der Waals surface area (Å²) in [5, 5.41) is 0.404. The molecule has 0 atom stereocenters. The maximum absolute atomic E-state index is 14.7. The molecule has 0 unspecified atom stereocenters. The molecule has 6 aliphatic heterocycles. The lowest BCUT2D eigenvalue weighted by atomic mass is 9.83. The minimum Gasteiger partial charge on any atom is -0.268 e. The lowest BCUT2D eigenvalue weighted by molar-refractivity contribution is 0.0871. The molecule has 0 N–H and O–H groups in total. The van der Waals surface area contributed by atoms with Crippen LogP contribution < -0.4 is 29.4 Å². The Bertz CT molecular complexity index is 6980. The first-order valence-corrected chi connectivity index (χ1v) is 52.0. The molecule has 720 valence electrons. The molecule has 6 aliphatic rings. The van der Waals surface area contributed by atoms with E-state index in [0.29, 0.717) is 73.6 Å². The molecular weight excluding hydrogens is 2110 g/mol. The zero-order chi connectivity index (χ0) is 102. The number of halogens is 8. The van der Waals surface area contributed by atoms with Crippen LogP contribution in [0.15, 0.2) is 151 Å². The number of hydrogen-bond acceptors (Lipinski definition) is 12. The standard InChI is InChI=1S/2C38H36Br2N2O4.C38H34Cl4N2O4/c1-17(2)21-11-9-12-22(18(3)4)33(21)41-35(43)25-15-28(40)32-30-26(16-27(39)31(29(25)30)37(41)45)36(44)42(38(32)46)34-23(19(5)6)13-10-14-24(34)20(7)8;1-17(2)21-11-9-12-22(18(3)4)33(21)41-35(43)25-15-27(39)30-32-29(25)26(36(41)44)16-28(40)31(32)38(46)42(37(30)45)34-23(19(5)6)13-10-14-24(34)20(7)8;1-15(2)19-11-9-12-20(16(3)4)33(19)43-35(45)25-23-24-27(31(41)29(25)39)37(47)44(34-21(17(5)6)13-10-14-22(34)18(7)8)38(48)28(24)32(42)30(40)26(23)36(43)46/h2*9-20H,1-8H3;9-18H,1-8H3. The van der Waals surface area contributed by atoms with E-state index in [1.165, 1.54) is 19.6 Å². The van der Waals surface area contributed by atoms with Gasteiger partial charge in [0.25, 0.3) is 70.9 Å². The number of para-hydroxylation sites is 6. The Kier molecular flexibility index (Phi) is 27.9. The van der Waals surface area contributed by atoms with Gasteiger partial charge >= 0.3 is 0 Å². The number of hydrogen-bond donors (Lipinski definition) is 0. The van der Waals surface area contributed by atoms with Gasteiger partial charge in [-0.1, -0.05) is 322 Å². The van der Waals surface area contributed by atoms with Crippen molar-refractivity contribution in [2.45, 2.75) is 237 Å². The average molecular weight is 2210 g/mol. The zero-order valence-electron chi connectivity index (χ0n) is 82.2. The second kappa shape index (κ2) is 38.2. The van der Waals surface area contributed by atoms with Gasteiger partial charge in [-0.25, -0.2) is 29.4 Å². The number of nitrogens with zero attached hydrogens (tertiary/aromatic N) is 6. The van der Waals surface area contributed by atoms with Crippen LogP contribution in [0.5, 0.6) is 0 Å². The van der Waals surface area contributed by atoms with E-state index in [-0.39, 0.29) is 169 Å². The third-order valence-corrected chi connectivity index (χ3v) is 31.8. The first kappa shape index (κ1) is 102. The SMILES string of the molecule is CC(C)c1cccc(C(C)C)c1N1C(=O)c2c(Cl)c(Cl)c3c4c(c(Cl)c(Cl)c(c24)C1=O)C(=O)N(c1c(C(C)C)cccc1C(C)C)C3=O.CC(C)c1cccc(C(C)C)c1N1C(=O)c2cc(Br)c3c4c(c(Br)cc(c24)C1=O)C(=O)N(c1c(C(C)C)cccc1C(C)C)C3=O.CC(C)c1cccc(C(C)C)c1N1C(=O)c2cc(Br)c3c4c(cc(Br)c(c24)C1=O)C(=O)N(c1c(C(C)C)cccc1C(C)C)C3=O. The molecule has 0 saturated heterocycles. The van der Waals surface area contributed by atoms with Gasteiger partial charge in [0.15, 0.2) is 0 Å². The molecular formula is C114H106Br4Cl4N6O12. The Morgan fingerprint density at radius 3 is 0.457 bits per heavy atom. The van der Waals surface area contributed by atoms with Crippen LogP contribution >= 0.6 is 110 Å². The summed E-state index contributed by atoms with van der Waals surface area (Å²) in [7, 11) is 0. The molecule has 0 spiro atoms.